The van der Waals surface area contributed by atoms with Crippen LogP contribution in [0.15, 0.2) is 5.38 Å². The third kappa shape index (κ3) is 1.28. The maximum atomic E-state index is 4.58. The lowest BCUT2D eigenvalue weighted by molar-refractivity contribution is 0.478. The molecule has 2 rings (SSSR count). The van der Waals surface area contributed by atoms with Gasteiger partial charge >= 0.3 is 0 Å². The topological polar surface area (TPSA) is 12.9 Å². The zero-order valence-electron chi connectivity index (χ0n) is 7.76. The monoisotopic (exact) mass is 181 g/mol. The van der Waals surface area contributed by atoms with E-state index in [1.54, 1.807) is 11.3 Å². The minimum absolute atomic E-state index is 0.407. The number of aromatic nitrogens is 1. The zero-order valence-corrected chi connectivity index (χ0v) is 8.58. The molecule has 2 heteroatoms. The Labute approximate surface area is 77.8 Å². The van der Waals surface area contributed by atoms with Gasteiger partial charge in [-0.05, 0) is 19.8 Å². The second kappa shape index (κ2) is 2.84. The summed E-state index contributed by atoms with van der Waals surface area (Å²) in [6.45, 7) is 4.45. The van der Waals surface area contributed by atoms with Gasteiger partial charge in [-0.3, -0.25) is 0 Å². The van der Waals surface area contributed by atoms with Crippen LogP contribution in [0.5, 0.6) is 0 Å². The lowest BCUT2D eigenvalue weighted by Crippen LogP contribution is -2.16. The predicted octanol–water partition coefficient (Wildman–Crippen LogP) is 3.28. The molecule has 0 radical (unpaired) electrons. The number of hydrogen-bond acceptors (Lipinski definition) is 2. The van der Waals surface area contributed by atoms with Crippen LogP contribution in [-0.4, -0.2) is 4.98 Å². The quantitative estimate of drug-likeness (QED) is 0.648. The summed E-state index contributed by atoms with van der Waals surface area (Å²) >= 11 is 1.78. The van der Waals surface area contributed by atoms with Gasteiger partial charge in [0.05, 0.1) is 10.7 Å². The molecule has 1 aromatic heterocycles. The van der Waals surface area contributed by atoms with E-state index in [9.17, 15) is 0 Å². The van der Waals surface area contributed by atoms with E-state index in [1.165, 1.54) is 36.4 Å². The van der Waals surface area contributed by atoms with E-state index in [1.807, 2.05) is 0 Å². The Hall–Kier alpha value is -0.370. The van der Waals surface area contributed by atoms with Gasteiger partial charge in [-0.25, -0.2) is 4.98 Å². The summed E-state index contributed by atoms with van der Waals surface area (Å²) in [6, 6.07) is 0. The van der Waals surface area contributed by atoms with E-state index in [-0.39, 0.29) is 0 Å². The summed E-state index contributed by atoms with van der Waals surface area (Å²) in [4.78, 5) is 4.58. The maximum absolute atomic E-state index is 4.58. The first kappa shape index (κ1) is 8.24. The molecule has 0 N–H and O–H groups in total. The average Bonchev–Trinajstić information content (AvgIpc) is 2.59. The van der Waals surface area contributed by atoms with Crippen LogP contribution in [0.1, 0.15) is 43.3 Å². The lowest BCUT2D eigenvalue weighted by Gasteiger charge is -2.20. The van der Waals surface area contributed by atoms with E-state index in [2.05, 4.69) is 24.2 Å². The number of thiazole rings is 1. The zero-order chi connectivity index (χ0) is 8.60. The molecule has 0 saturated heterocycles. The molecule has 1 heterocycles. The molecule has 0 aromatic carbocycles. The third-order valence-corrected chi connectivity index (χ3v) is 3.72. The summed E-state index contributed by atoms with van der Waals surface area (Å²) in [5, 5.41) is 3.44. The first-order valence-corrected chi connectivity index (χ1v) is 5.51. The normalized spacial score (nSPS) is 21.5. The fraction of sp³-hybridized carbons (Fsp3) is 0.700. The van der Waals surface area contributed by atoms with Gasteiger partial charge in [-0.2, -0.15) is 0 Å². The van der Waals surface area contributed by atoms with Gasteiger partial charge in [0, 0.05) is 10.8 Å². The van der Waals surface area contributed by atoms with E-state index in [0.29, 0.717) is 5.41 Å². The summed E-state index contributed by atoms with van der Waals surface area (Å²) < 4.78 is 0. The van der Waals surface area contributed by atoms with E-state index in [4.69, 9.17) is 0 Å². The van der Waals surface area contributed by atoms with Gasteiger partial charge in [0.25, 0.3) is 0 Å². The number of nitrogens with zero attached hydrogens (tertiary/aromatic N) is 1. The molecule has 0 unspecified atom stereocenters. The molecule has 0 spiro atoms. The fourth-order valence-corrected chi connectivity index (χ4v) is 2.82. The van der Waals surface area contributed by atoms with Gasteiger partial charge in [0.1, 0.15) is 0 Å². The predicted molar refractivity (Wildman–Crippen MR) is 52.7 cm³/mol. The van der Waals surface area contributed by atoms with Crippen LogP contribution in [0.4, 0.5) is 0 Å². The van der Waals surface area contributed by atoms with Crippen LogP contribution in [0.25, 0.3) is 0 Å². The second-order valence-corrected chi connectivity index (χ2v) is 5.08. The van der Waals surface area contributed by atoms with Crippen molar-refractivity contribution in [2.24, 2.45) is 0 Å². The highest BCUT2D eigenvalue weighted by Gasteiger charge is 2.32. The highest BCUT2D eigenvalue weighted by atomic mass is 32.1. The highest BCUT2D eigenvalue weighted by Crippen LogP contribution is 2.40. The van der Waals surface area contributed by atoms with Crippen LogP contribution in [0, 0.1) is 6.92 Å². The van der Waals surface area contributed by atoms with Crippen molar-refractivity contribution in [2.75, 3.05) is 0 Å². The third-order valence-electron chi connectivity index (χ3n) is 2.94. The van der Waals surface area contributed by atoms with Crippen molar-refractivity contribution < 1.29 is 0 Å². The molecule has 1 nitrogen and oxygen atoms in total. The molecule has 1 fully saturated rings. The van der Waals surface area contributed by atoms with Crippen LogP contribution in [0.3, 0.4) is 0 Å². The van der Waals surface area contributed by atoms with Gasteiger partial charge < -0.3 is 0 Å². The molecule has 0 bridgehead atoms. The molecule has 1 saturated carbocycles. The second-order valence-electron chi connectivity index (χ2n) is 4.02. The minimum atomic E-state index is 0.407. The van der Waals surface area contributed by atoms with E-state index in [0.717, 1.165) is 0 Å². The Kier molecular flexibility index (Phi) is 1.95. The summed E-state index contributed by atoms with van der Waals surface area (Å²) in [5.74, 6) is 0. The molecule has 1 aliphatic carbocycles. The van der Waals surface area contributed by atoms with Crippen molar-refractivity contribution in [1.82, 2.24) is 4.98 Å². The molecule has 0 amide bonds. The van der Waals surface area contributed by atoms with Crippen molar-refractivity contribution in [3.8, 4) is 0 Å². The van der Waals surface area contributed by atoms with Crippen molar-refractivity contribution in [3.63, 3.8) is 0 Å². The standard InChI is InChI=1S/C10H15NS/c1-8-11-9(7-12-8)10(2)5-3-4-6-10/h7H,3-6H2,1-2H3. The smallest absolute Gasteiger partial charge is 0.0897 e. The molecule has 12 heavy (non-hydrogen) atoms. The lowest BCUT2D eigenvalue weighted by atomic mass is 9.86. The summed E-state index contributed by atoms with van der Waals surface area (Å²) in [5.41, 5.74) is 1.74. The van der Waals surface area contributed by atoms with Gasteiger partial charge in [0.15, 0.2) is 0 Å². The van der Waals surface area contributed by atoms with Crippen LogP contribution in [0.2, 0.25) is 0 Å². The average molecular weight is 181 g/mol. The Morgan fingerprint density at radius 2 is 2.08 bits per heavy atom. The van der Waals surface area contributed by atoms with Gasteiger partial charge in [-0.1, -0.05) is 19.8 Å². The van der Waals surface area contributed by atoms with Crippen molar-refractivity contribution >= 4 is 11.3 Å². The van der Waals surface area contributed by atoms with Gasteiger partial charge in [-0.15, -0.1) is 11.3 Å². The number of rotatable bonds is 1. The number of aryl methyl sites for hydroxylation is 1. The first-order chi connectivity index (χ1) is 5.71. The molecule has 1 aromatic rings. The van der Waals surface area contributed by atoms with Crippen LogP contribution >= 0.6 is 11.3 Å². The van der Waals surface area contributed by atoms with E-state index >= 15 is 0 Å². The van der Waals surface area contributed by atoms with Crippen molar-refractivity contribution in [2.45, 2.75) is 44.9 Å². The highest BCUT2D eigenvalue weighted by molar-refractivity contribution is 7.09. The molecular formula is C10H15NS. The maximum Gasteiger partial charge on any atom is 0.0897 e. The Balaban J connectivity index is 2.28. The SMILES string of the molecule is Cc1nc(C2(C)CCCC2)cs1. The van der Waals surface area contributed by atoms with Crippen molar-refractivity contribution in [1.29, 1.82) is 0 Å². The molecule has 0 atom stereocenters. The van der Waals surface area contributed by atoms with Gasteiger partial charge in [0.2, 0.25) is 0 Å². The van der Waals surface area contributed by atoms with Crippen molar-refractivity contribution in [3.05, 3.63) is 16.1 Å². The largest absolute Gasteiger partial charge is 0.246 e. The Bertz CT molecular complexity index is 271. The fourth-order valence-electron chi connectivity index (χ4n) is 2.05. The van der Waals surface area contributed by atoms with Crippen LogP contribution < -0.4 is 0 Å². The molecule has 66 valence electrons. The number of hydrogen-bond donors (Lipinski definition) is 0. The molecule has 1 aliphatic rings. The molecule has 0 aliphatic heterocycles. The molecular weight excluding hydrogens is 166 g/mol. The van der Waals surface area contributed by atoms with Crippen LogP contribution in [-0.2, 0) is 5.41 Å². The summed E-state index contributed by atoms with van der Waals surface area (Å²) in [7, 11) is 0. The van der Waals surface area contributed by atoms with E-state index < -0.39 is 0 Å². The minimum Gasteiger partial charge on any atom is -0.246 e. The Morgan fingerprint density at radius 3 is 2.58 bits per heavy atom. The first-order valence-electron chi connectivity index (χ1n) is 4.63. The summed E-state index contributed by atoms with van der Waals surface area (Å²) in [6.07, 6.45) is 5.42. The Morgan fingerprint density at radius 1 is 1.42 bits per heavy atom.